The molecule has 1 aliphatic rings. The minimum atomic E-state index is -0.898. The van der Waals surface area contributed by atoms with E-state index in [1.54, 1.807) is 19.0 Å². The summed E-state index contributed by atoms with van der Waals surface area (Å²) in [6.45, 7) is 0.145. The molecular formula is C8H15N3O3. The van der Waals surface area contributed by atoms with Crippen LogP contribution in [0, 0.1) is 0 Å². The zero-order chi connectivity index (χ0) is 10.6. The molecule has 0 aromatic heterocycles. The minimum absolute atomic E-state index is 0.145. The standard InChI is InChI=1S/C8H15N3O3/c1-9-4-10-5-11(2)8-7(13)6(12)3-14-8/h4-8,12-13H,3H2,1-2H3/b9-4-,10-5-. The van der Waals surface area contributed by atoms with E-state index in [2.05, 4.69) is 9.98 Å². The summed E-state index contributed by atoms with van der Waals surface area (Å²) < 4.78 is 5.16. The molecule has 0 radical (unpaired) electrons. The van der Waals surface area contributed by atoms with Crippen molar-refractivity contribution in [1.29, 1.82) is 0 Å². The van der Waals surface area contributed by atoms with Crippen LogP contribution in [0.3, 0.4) is 0 Å². The number of likely N-dealkylation sites (N-methyl/N-ethyl adjacent to an activating group) is 1. The van der Waals surface area contributed by atoms with E-state index in [4.69, 9.17) is 4.74 Å². The molecule has 3 unspecified atom stereocenters. The number of aliphatic hydroxyl groups is 2. The van der Waals surface area contributed by atoms with Crippen LogP contribution in [0.1, 0.15) is 0 Å². The maximum absolute atomic E-state index is 9.47. The second-order valence-electron chi connectivity index (χ2n) is 3.09. The fraction of sp³-hybridized carbons (Fsp3) is 0.750. The summed E-state index contributed by atoms with van der Waals surface area (Å²) in [5, 5.41) is 18.7. The van der Waals surface area contributed by atoms with Gasteiger partial charge in [0.2, 0.25) is 0 Å². The van der Waals surface area contributed by atoms with E-state index < -0.39 is 18.4 Å². The molecule has 0 aromatic carbocycles. The fourth-order valence-electron chi connectivity index (χ4n) is 1.21. The van der Waals surface area contributed by atoms with E-state index in [0.29, 0.717) is 0 Å². The molecule has 0 saturated carbocycles. The van der Waals surface area contributed by atoms with Crippen LogP contribution >= 0.6 is 0 Å². The lowest BCUT2D eigenvalue weighted by molar-refractivity contribution is -0.0320. The van der Waals surface area contributed by atoms with E-state index in [1.165, 1.54) is 12.7 Å². The number of hydrogen-bond donors (Lipinski definition) is 2. The molecular weight excluding hydrogens is 186 g/mol. The quantitative estimate of drug-likeness (QED) is 0.438. The normalized spacial score (nSPS) is 33.3. The molecule has 6 nitrogen and oxygen atoms in total. The van der Waals surface area contributed by atoms with Gasteiger partial charge in [-0.15, -0.1) is 0 Å². The van der Waals surface area contributed by atoms with Crippen molar-refractivity contribution in [2.45, 2.75) is 18.4 Å². The molecule has 2 N–H and O–H groups in total. The minimum Gasteiger partial charge on any atom is -0.388 e. The van der Waals surface area contributed by atoms with Gasteiger partial charge in [0.15, 0.2) is 6.23 Å². The van der Waals surface area contributed by atoms with Crippen molar-refractivity contribution in [1.82, 2.24) is 4.90 Å². The summed E-state index contributed by atoms with van der Waals surface area (Å²) in [5.74, 6) is 0. The van der Waals surface area contributed by atoms with Crippen LogP contribution in [-0.2, 0) is 4.74 Å². The van der Waals surface area contributed by atoms with Gasteiger partial charge in [0, 0.05) is 14.1 Å². The van der Waals surface area contributed by atoms with Crippen LogP contribution in [0.25, 0.3) is 0 Å². The van der Waals surface area contributed by atoms with E-state index >= 15 is 0 Å². The maximum atomic E-state index is 9.47. The Balaban J connectivity index is 2.48. The molecule has 1 rings (SSSR count). The van der Waals surface area contributed by atoms with Crippen LogP contribution in [0.15, 0.2) is 9.98 Å². The van der Waals surface area contributed by atoms with E-state index in [1.807, 2.05) is 0 Å². The smallest absolute Gasteiger partial charge is 0.159 e. The Morgan fingerprint density at radius 2 is 2.21 bits per heavy atom. The van der Waals surface area contributed by atoms with Crippen molar-refractivity contribution in [2.24, 2.45) is 9.98 Å². The molecule has 0 aliphatic carbocycles. The third-order valence-corrected chi connectivity index (χ3v) is 1.96. The Labute approximate surface area is 82.5 Å². The summed E-state index contributed by atoms with van der Waals surface area (Å²) in [5.41, 5.74) is 0. The number of rotatable bonds is 3. The number of hydrogen-bond acceptors (Lipinski definition) is 4. The summed E-state index contributed by atoms with van der Waals surface area (Å²) >= 11 is 0. The summed E-state index contributed by atoms with van der Waals surface area (Å²) in [6.07, 6.45) is 0.604. The molecule has 0 amide bonds. The van der Waals surface area contributed by atoms with Crippen molar-refractivity contribution in [3.63, 3.8) is 0 Å². The van der Waals surface area contributed by atoms with Gasteiger partial charge < -0.3 is 19.8 Å². The first-order chi connectivity index (χ1) is 6.66. The van der Waals surface area contributed by atoms with Crippen molar-refractivity contribution >= 4 is 12.7 Å². The third kappa shape index (κ3) is 2.50. The van der Waals surface area contributed by atoms with Crippen LogP contribution < -0.4 is 0 Å². The first kappa shape index (κ1) is 11.1. The summed E-state index contributed by atoms with van der Waals surface area (Å²) in [4.78, 5) is 9.08. The molecule has 80 valence electrons. The second kappa shape index (κ2) is 5.04. The summed E-state index contributed by atoms with van der Waals surface area (Å²) in [6, 6.07) is 0. The van der Waals surface area contributed by atoms with Gasteiger partial charge in [0.1, 0.15) is 18.5 Å². The Morgan fingerprint density at radius 3 is 2.71 bits per heavy atom. The van der Waals surface area contributed by atoms with Crippen molar-refractivity contribution in [3.05, 3.63) is 0 Å². The zero-order valence-electron chi connectivity index (χ0n) is 8.24. The monoisotopic (exact) mass is 201 g/mol. The van der Waals surface area contributed by atoms with Crippen LogP contribution in [-0.4, -0.2) is 66.9 Å². The van der Waals surface area contributed by atoms with E-state index in [9.17, 15) is 10.2 Å². The fourth-order valence-corrected chi connectivity index (χ4v) is 1.21. The van der Waals surface area contributed by atoms with E-state index in [-0.39, 0.29) is 6.61 Å². The highest BCUT2D eigenvalue weighted by Crippen LogP contribution is 2.15. The highest BCUT2D eigenvalue weighted by molar-refractivity contribution is 5.70. The van der Waals surface area contributed by atoms with Crippen LogP contribution in [0.4, 0.5) is 0 Å². The Morgan fingerprint density at radius 1 is 1.50 bits per heavy atom. The highest BCUT2D eigenvalue weighted by atomic mass is 16.5. The molecule has 6 heteroatoms. The van der Waals surface area contributed by atoms with E-state index in [0.717, 1.165) is 0 Å². The van der Waals surface area contributed by atoms with Gasteiger partial charge in [0.25, 0.3) is 0 Å². The molecule has 0 aromatic rings. The largest absolute Gasteiger partial charge is 0.388 e. The maximum Gasteiger partial charge on any atom is 0.159 e. The van der Waals surface area contributed by atoms with Gasteiger partial charge in [-0.3, -0.25) is 4.99 Å². The van der Waals surface area contributed by atoms with Gasteiger partial charge in [-0.25, -0.2) is 4.99 Å². The predicted molar refractivity (Wildman–Crippen MR) is 52.4 cm³/mol. The number of nitrogens with zero attached hydrogens (tertiary/aromatic N) is 3. The molecule has 14 heavy (non-hydrogen) atoms. The molecule has 1 aliphatic heterocycles. The average molecular weight is 201 g/mol. The SMILES string of the molecule is C/N=C\N=C/N(C)C1OCC(O)C1O. The first-order valence-electron chi connectivity index (χ1n) is 4.30. The molecule has 1 fully saturated rings. The lowest BCUT2D eigenvalue weighted by Gasteiger charge is -2.23. The number of ether oxygens (including phenoxy) is 1. The topological polar surface area (TPSA) is 77.7 Å². The average Bonchev–Trinajstić information content (AvgIpc) is 2.48. The Kier molecular flexibility index (Phi) is 3.99. The van der Waals surface area contributed by atoms with Crippen LogP contribution in [0.2, 0.25) is 0 Å². The molecule has 1 heterocycles. The first-order valence-corrected chi connectivity index (χ1v) is 4.30. The lowest BCUT2D eigenvalue weighted by atomic mass is 10.2. The van der Waals surface area contributed by atoms with Crippen LogP contribution in [0.5, 0.6) is 0 Å². The zero-order valence-corrected chi connectivity index (χ0v) is 8.24. The molecule has 0 spiro atoms. The van der Waals surface area contributed by atoms with Gasteiger partial charge >= 0.3 is 0 Å². The van der Waals surface area contributed by atoms with Crippen molar-refractivity contribution in [2.75, 3.05) is 20.7 Å². The lowest BCUT2D eigenvalue weighted by Crippen LogP contribution is -2.41. The molecule has 1 saturated heterocycles. The summed E-state index contributed by atoms with van der Waals surface area (Å²) in [7, 11) is 3.32. The van der Waals surface area contributed by atoms with Gasteiger partial charge in [-0.1, -0.05) is 0 Å². The van der Waals surface area contributed by atoms with Crippen molar-refractivity contribution < 1.29 is 14.9 Å². The number of aliphatic imine (C=N–C) groups is 2. The van der Waals surface area contributed by atoms with Gasteiger partial charge in [-0.05, 0) is 0 Å². The van der Waals surface area contributed by atoms with Gasteiger partial charge in [0.05, 0.1) is 12.9 Å². The molecule has 0 bridgehead atoms. The third-order valence-electron chi connectivity index (χ3n) is 1.96. The van der Waals surface area contributed by atoms with Crippen molar-refractivity contribution in [3.8, 4) is 0 Å². The number of aliphatic hydroxyl groups excluding tert-OH is 2. The molecule has 3 atom stereocenters. The highest BCUT2D eigenvalue weighted by Gasteiger charge is 2.36. The predicted octanol–water partition coefficient (Wildman–Crippen LogP) is -1.32. The Bertz CT molecular complexity index is 232. The Hall–Kier alpha value is -0.980. The van der Waals surface area contributed by atoms with Gasteiger partial charge in [-0.2, -0.15) is 0 Å². The second-order valence-corrected chi connectivity index (χ2v) is 3.09.